The first-order chi connectivity index (χ1) is 5.29. The Morgan fingerprint density at radius 1 is 1.09 bits per heavy atom. The summed E-state index contributed by atoms with van der Waals surface area (Å²) in [4.78, 5) is 0. The maximum Gasteiger partial charge on any atom is 0.151 e. The fourth-order valence-electron chi connectivity index (χ4n) is 1.64. The number of aliphatic hydroxyl groups is 2. The van der Waals surface area contributed by atoms with Gasteiger partial charge in [0.15, 0.2) is 6.29 Å². The fraction of sp³-hybridized carbons (Fsp3) is 0.889. The summed E-state index contributed by atoms with van der Waals surface area (Å²) >= 11 is 0. The first-order valence-electron chi connectivity index (χ1n) is 4.49. The lowest BCUT2D eigenvalue weighted by Crippen LogP contribution is -2.09. The zero-order chi connectivity index (χ0) is 8.10. The van der Waals surface area contributed by atoms with E-state index in [9.17, 15) is 0 Å². The molecule has 65 valence electrons. The van der Waals surface area contributed by atoms with Gasteiger partial charge in [-0.15, -0.1) is 0 Å². The Bertz CT molecular complexity index is 95.7. The van der Waals surface area contributed by atoms with E-state index in [0.717, 1.165) is 6.42 Å². The lowest BCUT2D eigenvalue weighted by Gasteiger charge is -2.20. The molecule has 1 fully saturated rings. The second-order valence-electron chi connectivity index (χ2n) is 3.33. The van der Waals surface area contributed by atoms with Crippen molar-refractivity contribution >= 4 is 0 Å². The summed E-state index contributed by atoms with van der Waals surface area (Å²) < 4.78 is 0. The molecule has 2 N–H and O–H groups in total. The van der Waals surface area contributed by atoms with Gasteiger partial charge in [0.25, 0.3) is 0 Å². The van der Waals surface area contributed by atoms with Gasteiger partial charge in [0, 0.05) is 0 Å². The third-order valence-corrected chi connectivity index (χ3v) is 2.32. The van der Waals surface area contributed by atoms with E-state index >= 15 is 0 Å². The topological polar surface area (TPSA) is 40.5 Å². The molecule has 0 aliphatic heterocycles. The van der Waals surface area contributed by atoms with Crippen LogP contribution in [0.5, 0.6) is 0 Å². The predicted molar refractivity (Wildman–Crippen MR) is 43.8 cm³/mol. The molecule has 0 spiro atoms. The molecule has 0 aromatic heterocycles. The van der Waals surface area contributed by atoms with E-state index in [1.165, 1.54) is 38.0 Å². The van der Waals surface area contributed by atoms with E-state index in [-0.39, 0.29) is 0 Å². The van der Waals surface area contributed by atoms with Crippen molar-refractivity contribution in [2.45, 2.75) is 51.2 Å². The molecule has 1 aliphatic rings. The summed E-state index contributed by atoms with van der Waals surface area (Å²) in [5, 5.41) is 17.3. The Morgan fingerprint density at radius 2 is 1.73 bits per heavy atom. The van der Waals surface area contributed by atoms with Gasteiger partial charge in [0.2, 0.25) is 0 Å². The largest absolute Gasteiger partial charge is 0.368 e. The Hall–Kier alpha value is -0.0800. The standard InChI is InChI=1S/C9H17O2/c10-9(11)7-6-8-4-2-1-3-5-8/h9-11H,1-7H2. The quantitative estimate of drug-likeness (QED) is 0.611. The summed E-state index contributed by atoms with van der Waals surface area (Å²) in [7, 11) is 0. The normalized spacial score (nSPS) is 21.0. The van der Waals surface area contributed by atoms with Crippen molar-refractivity contribution in [2.75, 3.05) is 0 Å². The average molecular weight is 157 g/mol. The van der Waals surface area contributed by atoms with Gasteiger partial charge in [-0.1, -0.05) is 19.3 Å². The number of rotatable bonds is 3. The van der Waals surface area contributed by atoms with Gasteiger partial charge in [-0.2, -0.15) is 0 Å². The van der Waals surface area contributed by atoms with Crippen molar-refractivity contribution in [3.05, 3.63) is 5.92 Å². The van der Waals surface area contributed by atoms with Gasteiger partial charge in [0.1, 0.15) is 0 Å². The highest BCUT2D eigenvalue weighted by Crippen LogP contribution is 2.29. The zero-order valence-electron chi connectivity index (χ0n) is 6.92. The van der Waals surface area contributed by atoms with Gasteiger partial charge in [-0.25, -0.2) is 0 Å². The van der Waals surface area contributed by atoms with Crippen molar-refractivity contribution in [3.8, 4) is 0 Å². The lowest BCUT2D eigenvalue weighted by molar-refractivity contribution is -0.0460. The molecule has 0 atom stereocenters. The Morgan fingerprint density at radius 3 is 2.27 bits per heavy atom. The van der Waals surface area contributed by atoms with Crippen molar-refractivity contribution in [1.29, 1.82) is 0 Å². The molecule has 1 aliphatic carbocycles. The highest BCUT2D eigenvalue weighted by atomic mass is 16.5. The van der Waals surface area contributed by atoms with Crippen LogP contribution in [0.1, 0.15) is 44.9 Å². The summed E-state index contributed by atoms with van der Waals surface area (Å²) in [5.41, 5.74) is 0. The van der Waals surface area contributed by atoms with Gasteiger partial charge in [-0.3, -0.25) is 0 Å². The van der Waals surface area contributed by atoms with Gasteiger partial charge in [-0.05, 0) is 31.6 Å². The molecule has 0 aromatic carbocycles. The summed E-state index contributed by atoms with van der Waals surface area (Å²) in [6.07, 6.45) is 6.72. The van der Waals surface area contributed by atoms with Gasteiger partial charge < -0.3 is 10.2 Å². The molecule has 11 heavy (non-hydrogen) atoms. The molecule has 2 heteroatoms. The predicted octanol–water partition coefficient (Wildman–Crippen LogP) is 1.62. The summed E-state index contributed by atoms with van der Waals surface area (Å²) in [5.74, 6) is 1.53. The molecular formula is C9H17O2. The molecule has 0 bridgehead atoms. The van der Waals surface area contributed by atoms with E-state index in [0.29, 0.717) is 6.42 Å². The van der Waals surface area contributed by atoms with Crippen LogP contribution in [-0.4, -0.2) is 16.5 Å². The van der Waals surface area contributed by atoms with Crippen LogP contribution in [0.3, 0.4) is 0 Å². The van der Waals surface area contributed by atoms with Crippen molar-refractivity contribution < 1.29 is 10.2 Å². The molecule has 1 saturated carbocycles. The highest BCUT2D eigenvalue weighted by molar-refractivity contribution is 4.91. The third kappa shape index (κ3) is 3.73. The molecule has 0 unspecified atom stereocenters. The number of hydrogen-bond acceptors (Lipinski definition) is 2. The van der Waals surface area contributed by atoms with E-state index in [1.807, 2.05) is 0 Å². The van der Waals surface area contributed by atoms with Crippen molar-refractivity contribution in [2.24, 2.45) is 0 Å². The van der Waals surface area contributed by atoms with Crippen molar-refractivity contribution in [3.63, 3.8) is 0 Å². The monoisotopic (exact) mass is 157 g/mol. The van der Waals surface area contributed by atoms with E-state index < -0.39 is 6.29 Å². The summed E-state index contributed by atoms with van der Waals surface area (Å²) in [6, 6.07) is 0. The average Bonchev–Trinajstić information content (AvgIpc) is 2.03. The Kier molecular flexibility index (Phi) is 3.87. The second kappa shape index (κ2) is 4.73. The maximum atomic E-state index is 8.63. The van der Waals surface area contributed by atoms with E-state index in [1.54, 1.807) is 0 Å². The number of aliphatic hydroxyl groups excluding tert-OH is 1. The minimum absolute atomic E-state index is 0.523. The first kappa shape index (κ1) is 9.01. The van der Waals surface area contributed by atoms with Crippen LogP contribution < -0.4 is 0 Å². The van der Waals surface area contributed by atoms with Crippen LogP contribution in [0.25, 0.3) is 0 Å². The molecule has 2 nitrogen and oxygen atoms in total. The van der Waals surface area contributed by atoms with Crippen LogP contribution >= 0.6 is 0 Å². The van der Waals surface area contributed by atoms with Crippen LogP contribution in [0.4, 0.5) is 0 Å². The number of hydrogen-bond donors (Lipinski definition) is 2. The van der Waals surface area contributed by atoms with Crippen LogP contribution in [0.15, 0.2) is 0 Å². The molecule has 0 heterocycles. The third-order valence-electron chi connectivity index (χ3n) is 2.32. The lowest BCUT2D eigenvalue weighted by atomic mass is 9.86. The van der Waals surface area contributed by atoms with Crippen LogP contribution in [0.2, 0.25) is 0 Å². The minimum atomic E-state index is -1.11. The smallest absolute Gasteiger partial charge is 0.151 e. The molecule has 1 rings (SSSR count). The molecule has 0 saturated heterocycles. The van der Waals surface area contributed by atoms with Crippen LogP contribution in [-0.2, 0) is 0 Å². The van der Waals surface area contributed by atoms with E-state index in [4.69, 9.17) is 10.2 Å². The van der Waals surface area contributed by atoms with E-state index in [2.05, 4.69) is 0 Å². The highest BCUT2D eigenvalue weighted by Gasteiger charge is 2.14. The van der Waals surface area contributed by atoms with Gasteiger partial charge in [0.05, 0.1) is 0 Å². The Labute approximate surface area is 68.2 Å². The SMILES string of the molecule is OC(O)CC[C]1CCCCC1. The molecular weight excluding hydrogens is 140 g/mol. The van der Waals surface area contributed by atoms with Gasteiger partial charge >= 0.3 is 0 Å². The zero-order valence-corrected chi connectivity index (χ0v) is 6.92. The van der Waals surface area contributed by atoms with Crippen molar-refractivity contribution in [1.82, 2.24) is 0 Å². The Balaban J connectivity index is 2.05. The summed E-state index contributed by atoms with van der Waals surface area (Å²) in [6.45, 7) is 0. The molecule has 0 aromatic rings. The fourth-order valence-corrected chi connectivity index (χ4v) is 1.64. The maximum absolute atomic E-state index is 8.63. The van der Waals surface area contributed by atoms with Crippen LogP contribution in [0, 0.1) is 5.92 Å². The minimum Gasteiger partial charge on any atom is -0.368 e. The first-order valence-corrected chi connectivity index (χ1v) is 4.49. The molecule has 1 radical (unpaired) electrons. The molecule has 0 amide bonds. The second-order valence-corrected chi connectivity index (χ2v) is 3.33.